The number of hydrogen-bond donors (Lipinski definition) is 0. The van der Waals surface area contributed by atoms with Crippen molar-refractivity contribution in [1.82, 2.24) is 4.90 Å². The number of rotatable bonds is 4. The standard InChI is InChI=1S/C24H16ClF6NO3/c1-34-14-8-10-6-7-32(24(33)17-18(27)20(29)22(31)21(30)19(17)28)23(11(10)9-15(14)35-2)16-12(25)4-3-5-13(16)26/h3-5,8-9,23H,6-7H2,1-2H3/t23-/m0/s1. The summed E-state index contributed by atoms with van der Waals surface area (Å²) in [6, 6.07) is 5.38. The van der Waals surface area contributed by atoms with E-state index >= 15 is 4.39 Å². The maximum absolute atomic E-state index is 15.0. The zero-order valence-corrected chi connectivity index (χ0v) is 19.0. The van der Waals surface area contributed by atoms with Crippen LogP contribution in [0.25, 0.3) is 0 Å². The Labute approximate surface area is 200 Å². The molecule has 0 spiro atoms. The molecule has 1 aliphatic heterocycles. The molecule has 3 aromatic carbocycles. The van der Waals surface area contributed by atoms with Crippen LogP contribution in [0.2, 0.25) is 5.02 Å². The van der Waals surface area contributed by atoms with Gasteiger partial charge in [0, 0.05) is 17.1 Å². The minimum absolute atomic E-state index is 0.0966. The predicted molar refractivity (Wildman–Crippen MR) is 114 cm³/mol. The number of fused-ring (bicyclic) bond motifs is 1. The van der Waals surface area contributed by atoms with Crippen molar-refractivity contribution < 1.29 is 40.6 Å². The number of amides is 1. The second kappa shape index (κ2) is 9.33. The van der Waals surface area contributed by atoms with Gasteiger partial charge in [-0.25, -0.2) is 26.3 Å². The van der Waals surface area contributed by atoms with Crippen LogP contribution in [0.4, 0.5) is 26.3 Å². The first-order valence-electron chi connectivity index (χ1n) is 10.1. The van der Waals surface area contributed by atoms with Crippen molar-refractivity contribution in [2.75, 3.05) is 20.8 Å². The van der Waals surface area contributed by atoms with E-state index in [2.05, 4.69) is 0 Å². The van der Waals surface area contributed by atoms with Gasteiger partial charge in [0.2, 0.25) is 5.82 Å². The Bertz CT molecular complexity index is 1300. The van der Waals surface area contributed by atoms with E-state index in [-0.39, 0.29) is 34.9 Å². The molecule has 3 aromatic rings. The number of nitrogens with zero attached hydrogens (tertiary/aromatic N) is 1. The van der Waals surface area contributed by atoms with Gasteiger partial charge in [0.15, 0.2) is 34.8 Å². The van der Waals surface area contributed by atoms with Crippen LogP contribution in [0.5, 0.6) is 11.5 Å². The van der Waals surface area contributed by atoms with Crippen molar-refractivity contribution >= 4 is 17.5 Å². The van der Waals surface area contributed by atoms with E-state index in [9.17, 15) is 26.7 Å². The lowest BCUT2D eigenvalue weighted by molar-refractivity contribution is 0.0678. The first-order chi connectivity index (χ1) is 16.6. The number of hydrogen-bond acceptors (Lipinski definition) is 3. The number of ether oxygens (including phenoxy) is 2. The highest BCUT2D eigenvalue weighted by atomic mass is 35.5. The number of carbonyl (C=O) groups excluding carboxylic acids is 1. The van der Waals surface area contributed by atoms with Crippen LogP contribution in [-0.2, 0) is 6.42 Å². The maximum Gasteiger partial charge on any atom is 0.260 e. The highest BCUT2D eigenvalue weighted by Crippen LogP contribution is 2.44. The molecule has 0 radical (unpaired) electrons. The Balaban J connectivity index is 1.98. The van der Waals surface area contributed by atoms with Crippen molar-refractivity contribution in [3.63, 3.8) is 0 Å². The third-order valence-electron chi connectivity index (χ3n) is 5.83. The van der Waals surface area contributed by atoms with Crippen LogP contribution in [0.1, 0.15) is 33.1 Å². The topological polar surface area (TPSA) is 38.8 Å². The first-order valence-corrected chi connectivity index (χ1v) is 10.5. The van der Waals surface area contributed by atoms with Gasteiger partial charge in [-0.2, -0.15) is 0 Å². The maximum atomic E-state index is 15.0. The molecule has 4 rings (SSSR count). The van der Waals surface area contributed by atoms with Gasteiger partial charge in [-0.05, 0) is 41.8 Å². The molecule has 0 bridgehead atoms. The molecule has 184 valence electrons. The van der Waals surface area contributed by atoms with Crippen LogP contribution >= 0.6 is 11.6 Å². The molecular weight excluding hydrogens is 500 g/mol. The molecule has 11 heteroatoms. The molecule has 4 nitrogen and oxygen atoms in total. The molecule has 1 aliphatic rings. The molecule has 1 amide bonds. The summed E-state index contributed by atoms with van der Waals surface area (Å²) in [5.74, 6) is -13.3. The highest BCUT2D eigenvalue weighted by molar-refractivity contribution is 6.31. The van der Waals surface area contributed by atoms with Crippen LogP contribution in [0.15, 0.2) is 30.3 Å². The van der Waals surface area contributed by atoms with Crippen molar-refractivity contribution in [1.29, 1.82) is 0 Å². The summed E-state index contributed by atoms with van der Waals surface area (Å²) in [4.78, 5) is 14.1. The third-order valence-corrected chi connectivity index (χ3v) is 6.16. The fourth-order valence-corrected chi connectivity index (χ4v) is 4.45. The second-order valence-corrected chi connectivity index (χ2v) is 8.04. The van der Waals surface area contributed by atoms with Gasteiger partial charge in [0.1, 0.15) is 11.4 Å². The Morgan fingerprint density at radius 3 is 2.06 bits per heavy atom. The molecule has 0 fully saturated rings. The fourth-order valence-electron chi connectivity index (χ4n) is 4.18. The molecule has 0 aromatic heterocycles. The van der Waals surface area contributed by atoms with Crippen LogP contribution in [0, 0.1) is 34.9 Å². The molecular formula is C24H16ClF6NO3. The minimum Gasteiger partial charge on any atom is -0.493 e. The van der Waals surface area contributed by atoms with Gasteiger partial charge in [-0.3, -0.25) is 4.79 Å². The van der Waals surface area contributed by atoms with E-state index in [1.165, 1.54) is 32.4 Å². The Morgan fingerprint density at radius 1 is 0.914 bits per heavy atom. The van der Waals surface area contributed by atoms with Crippen LogP contribution in [0.3, 0.4) is 0 Å². The van der Waals surface area contributed by atoms with Crippen molar-refractivity contribution in [3.8, 4) is 11.5 Å². The largest absolute Gasteiger partial charge is 0.493 e. The lowest BCUT2D eigenvalue weighted by atomic mass is 9.86. The molecule has 0 aliphatic carbocycles. The van der Waals surface area contributed by atoms with E-state index in [0.29, 0.717) is 11.3 Å². The smallest absolute Gasteiger partial charge is 0.260 e. The fraction of sp³-hybridized carbons (Fsp3) is 0.208. The first kappa shape index (κ1) is 24.7. The zero-order chi connectivity index (χ0) is 25.6. The van der Waals surface area contributed by atoms with Gasteiger partial charge < -0.3 is 14.4 Å². The minimum atomic E-state index is -2.40. The van der Waals surface area contributed by atoms with Crippen molar-refractivity contribution in [3.05, 3.63) is 92.5 Å². The van der Waals surface area contributed by atoms with E-state index in [0.717, 1.165) is 11.0 Å². The summed E-state index contributed by atoms with van der Waals surface area (Å²) in [6.07, 6.45) is 0.0966. The number of carbonyl (C=O) groups is 1. The lowest BCUT2D eigenvalue weighted by Gasteiger charge is -2.38. The summed E-state index contributed by atoms with van der Waals surface area (Å²) in [5, 5.41) is -0.118. The van der Waals surface area contributed by atoms with E-state index in [4.69, 9.17) is 21.1 Å². The monoisotopic (exact) mass is 515 g/mol. The van der Waals surface area contributed by atoms with E-state index in [1.807, 2.05) is 0 Å². The van der Waals surface area contributed by atoms with Crippen LogP contribution < -0.4 is 9.47 Å². The van der Waals surface area contributed by atoms with Gasteiger partial charge in [0.25, 0.3) is 5.91 Å². The summed E-state index contributed by atoms with van der Waals surface area (Å²) in [6.45, 7) is -0.254. The Kier molecular flexibility index (Phi) is 6.59. The van der Waals surface area contributed by atoms with Gasteiger partial charge >= 0.3 is 0 Å². The van der Waals surface area contributed by atoms with E-state index in [1.54, 1.807) is 6.07 Å². The quantitative estimate of drug-likeness (QED) is 0.244. The number of halogens is 7. The molecule has 35 heavy (non-hydrogen) atoms. The zero-order valence-electron chi connectivity index (χ0n) is 18.2. The van der Waals surface area contributed by atoms with Crippen molar-refractivity contribution in [2.45, 2.75) is 12.5 Å². The number of methoxy groups -OCH3 is 2. The lowest BCUT2D eigenvalue weighted by Crippen LogP contribution is -2.42. The van der Waals surface area contributed by atoms with Gasteiger partial charge in [0.05, 0.1) is 20.3 Å². The summed E-state index contributed by atoms with van der Waals surface area (Å²) < 4.78 is 95.9. The molecule has 1 atom stereocenters. The van der Waals surface area contributed by atoms with Gasteiger partial charge in [-0.1, -0.05) is 17.7 Å². The second-order valence-electron chi connectivity index (χ2n) is 7.64. The SMILES string of the molecule is COc1cc2c(cc1OC)[C@@H](c1c(F)cccc1Cl)N(C(=O)c1c(F)c(F)c(F)c(F)c1F)CC2. The summed E-state index contributed by atoms with van der Waals surface area (Å²) in [7, 11) is 2.74. The average molecular weight is 516 g/mol. The Hall–Kier alpha value is -3.40. The third kappa shape index (κ3) is 3.95. The van der Waals surface area contributed by atoms with Crippen molar-refractivity contribution in [2.24, 2.45) is 0 Å². The molecule has 0 unspecified atom stereocenters. The van der Waals surface area contributed by atoms with Crippen LogP contribution in [-0.4, -0.2) is 31.6 Å². The van der Waals surface area contributed by atoms with E-state index < -0.39 is 52.4 Å². The van der Waals surface area contributed by atoms with Gasteiger partial charge in [-0.15, -0.1) is 0 Å². The Morgan fingerprint density at radius 2 is 1.49 bits per heavy atom. The molecule has 0 saturated carbocycles. The average Bonchev–Trinajstić information content (AvgIpc) is 2.85. The molecule has 1 heterocycles. The normalized spacial score (nSPS) is 15.1. The molecule has 0 N–H and O–H groups in total. The molecule has 0 saturated heterocycles. The predicted octanol–water partition coefficient (Wildman–Crippen LogP) is 5.98. The number of benzene rings is 3. The summed E-state index contributed by atoms with van der Waals surface area (Å²) in [5.41, 5.74) is -1.02. The summed E-state index contributed by atoms with van der Waals surface area (Å²) >= 11 is 6.26. The highest BCUT2D eigenvalue weighted by Gasteiger charge is 2.40.